The number of ketones is 1. The van der Waals surface area contributed by atoms with Gasteiger partial charge in [-0.15, -0.1) is 0 Å². The molecule has 0 aliphatic rings. The molecule has 0 aromatic heterocycles. The Labute approximate surface area is 108 Å². The number of halogens is 3. The second-order valence-corrected chi connectivity index (χ2v) is 4.25. The third-order valence-corrected chi connectivity index (χ3v) is 2.91. The summed E-state index contributed by atoms with van der Waals surface area (Å²) in [5.41, 5.74) is 0.493. The minimum absolute atomic E-state index is 0.144. The lowest BCUT2D eigenvalue weighted by atomic mass is 10.0. The molecule has 0 bridgehead atoms. The van der Waals surface area contributed by atoms with E-state index in [0.717, 1.165) is 0 Å². The number of carbonyl (C=O) groups excluding carboxylic acids is 1. The highest BCUT2D eigenvalue weighted by atomic mass is 35.5. The van der Waals surface area contributed by atoms with Crippen molar-refractivity contribution in [2.24, 2.45) is 0 Å². The van der Waals surface area contributed by atoms with Gasteiger partial charge in [0.05, 0.1) is 10.6 Å². The zero-order valence-electron chi connectivity index (χ0n) is 9.51. The van der Waals surface area contributed by atoms with Gasteiger partial charge in [0.15, 0.2) is 5.78 Å². The number of Topliss-reactive ketones (excluding diaryl/α,β-unsaturated/α-hetero) is 1. The molecule has 0 aliphatic carbocycles. The summed E-state index contributed by atoms with van der Waals surface area (Å²) < 4.78 is 27.2. The molecule has 2 aromatic carbocycles. The number of carbonyl (C=O) groups is 1. The topological polar surface area (TPSA) is 17.1 Å². The predicted octanol–water partition coefficient (Wildman–Crippen LogP) is 4.49. The molecule has 0 radical (unpaired) electrons. The number of rotatable bonds is 2. The molecule has 0 amide bonds. The van der Waals surface area contributed by atoms with Gasteiger partial charge in [0.2, 0.25) is 0 Å². The van der Waals surface area contributed by atoms with E-state index in [-0.39, 0.29) is 16.4 Å². The summed E-state index contributed by atoms with van der Waals surface area (Å²) in [4.78, 5) is 11.2. The Morgan fingerprint density at radius 2 is 1.72 bits per heavy atom. The fourth-order valence-electron chi connectivity index (χ4n) is 1.73. The Kier molecular flexibility index (Phi) is 3.43. The van der Waals surface area contributed by atoms with E-state index in [0.29, 0.717) is 11.1 Å². The summed E-state index contributed by atoms with van der Waals surface area (Å²) in [7, 11) is 0. The molecule has 0 N–H and O–H groups in total. The van der Waals surface area contributed by atoms with E-state index < -0.39 is 11.6 Å². The van der Waals surface area contributed by atoms with Crippen LogP contribution in [0.15, 0.2) is 36.4 Å². The minimum atomic E-state index is -0.665. The molecule has 0 saturated carbocycles. The zero-order chi connectivity index (χ0) is 13.3. The maximum Gasteiger partial charge on any atom is 0.161 e. The first-order chi connectivity index (χ1) is 8.50. The lowest BCUT2D eigenvalue weighted by Crippen LogP contribution is -1.95. The van der Waals surface area contributed by atoms with Gasteiger partial charge in [0.25, 0.3) is 0 Å². The third-order valence-electron chi connectivity index (χ3n) is 2.60. The first-order valence-corrected chi connectivity index (χ1v) is 5.63. The monoisotopic (exact) mass is 266 g/mol. The van der Waals surface area contributed by atoms with Gasteiger partial charge in [-0.3, -0.25) is 4.79 Å². The van der Waals surface area contributed by atoms with Gasteiger partial charge in [-0.1, -0.05) is 23.7 Å². The van der Waals surface area contributed by atoms with E-state index in [9.17, 15) is 13.6 Å². The Morgan fingerprint density at radius 3 is 2.22 bits per heavy atom. The fraction of sp³-hybridized carbons (Fsp3) is 0.0714. The molecule has 4 heteroatoms. The molecule has 0 spiro atoms. The molecule has 2 aromatic rings. The summed E-state index contributed by atoms with van der Waals surface area (Å²) in [6, 6.07) is 7.96. The summed E-state index contributed by atoms with van der Waals surface area (Å²) in [6.45, 7) is 1.38. The van der Waals surface area contributed by atoms with Crippen molar-refractivity contribution in [2.45, 2.75) is 6.92 Å². The van der Waals surface area contributed by atoms with E-state index in [1.807, 2.05) is 0 Å². The number of hydrogen-bond acceptors (Lipinski definition) is 1. The van der Waals surface area contributed by atoms with Crippen molar-refractivity contribution in [1.29, 1.82) is 0 Å². The Bertz CT molecular complexity index is 603. The van der Waals surface area contributed by atoms with Crippen molar-refractivity contribution in [3.05, 3.63) is 58.6 Å². The lowest BCUT2D eigenvalue weighted by molar-refractivity contribution is 0.101. The quantitative estimate of drug-likeness (QED) is 0.732. The molecule has 0 atom stereocenters. The van der Waals surface area contributed by atoms with Crippen LogP contribution in [0.3, 0.4) is 0 Å². The molecule has 0 fully saturated rings. The van der Waals surface area contributed by atoms with E-state index >= 15 is 0 Å². The van der Waals surface area contributed by atoms with Crippen LogP contribution in [-0.4, -0.2) is 5.78 Å². The Balaban J connectivity index is 2.59. The summed E-state index contributed by atoms with van der Waals surface area (Å²) in [5, 5.41) is 0.183. The van der Waals surface area contributed by atoms with Crippen LogP contribution in [-0.2, 0) is 0 Å². The van der Waals surface area contributed by atoms with Gasteiger partial charge < -0.3 is 0 Å². The third kappa shape index (κ3) is 2.27. The van der Waals surface area contributed by atoms with Crippen LogP contribution in [0.1, 0.15) is 17.3 Å². The molecule has 2 rings (SSSR count). The highest BCUT2D eigenvalue weighted by molar-refractivity contribution is 6.34. The first kappa shape index (κ1) is 12.7. The second kappa shape index (κ2) is 4.86. The predicted molar refractivity (Wildman–Crippen MR) is 66.8 cm³/mol. The van der Waals surface area contributed by atoms with E-state index in [4.69, 9.17) is 11.6 Å². The van der Waals surface area contributed by atoms with Crippen LogP contribution in [0, 0.1) is 11.6 Å². The summed E-state index contributed by atoms with van der Waals surface area (Å²) in [6.07, 6.45) is 0. The maximum absolute atomic E-state index is 13.6. The largest absolute Gasteiger partial charge is 0.294 e. The van der Waals surface area contributed by atoms with Crippen LogP contribution in [0.4, 0.5) is 8.78 Å². The first-order valence-electron chi connectivity index (χ1n) is 5.25. The van der Waals surface area contributed by atoms with Crippen molar-refractivity contribution in [3.8, 4) is 11.1 Å². The molecular formula is C14H9ClF2O. The van der Waals surface area contributed by atoms with Crippen LogP contribution >= 0.6 is 11.6 Å². The van der Waals surface area contributed by atoms with E-state index in [2.05, 4.69) is 0 Å². The van der Waals surface area contributed by atoms with Crippen molar-refractivity contribution in [1.82, 2.24) is 0 Å². The standard InChI is InChI=1S/C14H9ClF2O/c1-8(18)10-6-5-9(7-11(10)15)14-12(16)3-2-4-13(14)17/h2-7H,1H3. The highest BCUT2D eigenvalue weighted by Gasteiger charge is 2.13. The van der Waals surface area contributed by atoms with Crippen LogP contribution in [0.2, 0.25) is 5.02 Å². The van der Waals surface area contributed by atoms with Gasteiger partial charge in [0.1, 0.15) is 11.6 Å². The average Bonchev–Trinajstić information content (AvgIpc) is 2.28. The molecule has 0 saturated heterocycles. The average molecular weight is 267 g/mol. The normalized spacial score (nSPS) is 10.4. The maximum atomic E-state index is 13.6. The molecule has 0 unspecified atom stereocenters. The van der Waals surface area contributed by atoms with Crippen molar-refractivity contribution >= 4 is 17.4 Å². The van der Waals surface area contributed by atoms with Crippen LogP contribution in [0.25, 0.3) is 11.1 Å². The van der Waals surface area contributed by atoms with Crippen molar-refractivity contribution < 1.29 is 13.6 Å². The summed E-state index contributed by atoms with van der Waals surface area (Å²) >= 11 is 5.91. The second-order valence-electron chi connectivity index (χ2n) is 3.85. The molecule has 0 aliphatic heterocycles. The van der Waals surface area contributed by atoms with Gasteiger partial charge in [-0.2, -0.15) is 0 Å². The summed E-state index contributed by atoms with van der Waals surface area (Å²) in [5.74, 6) is -1.52. The van der Waals surface area contributed by atoms with Gasteiger partial charge >= 0.3 is 0 Å². The SMILES string of the molecule is CC(=O)c1ccc(-c2c(F)cccc2F)cc1Cl. The molecule has 92 valence electrons. The van der Waals surface area contributed by atoms with Crippen LogP contribution < -0.4 is 0 Å². The minimum Gasteiger partial charge on any atom is -0.294 e. The smallest absolute Gasteiger partial charge is 0.161 e. The zero-order valence-corrected chi connectivity index (χ0v) is 10.3. The molecule has 0 heterocycles. The number of benzene rings is 2. The van der Waals surface area contributed by atoms with Crippen molar-refractivity contribution in [3.63, 3.8) is 0 Å². The molecular weight excluding hydrogens is 258 g/mol. The van der Waals surface area contributed by atoms with Gasteiger partial charge in [-0.05, 0) is 36.8 Å². The highest BCUT2D eigenvalue weighted by Crippen LogP contribution is 2.29. The molecule has 18 heavy (non-hydrogen) atoms. The van der Waals surface area contributed by atoms with Crippen LogP contribution in [0.5, 0.6) is 0 Å². The van der Waals surface area contributed by atoms with Gasteiger partial charge in [-0.25, -0.2) is 8.78 Å². The molecule has 1 nitrogen and oxygen atoms in total. The fourth-order valence-corrected chi connectivity index (χ4v) is 2.04. The Hall–Kier alpha value is -1.74. The van der Waals surface area contributed by atoms with E-state index in [1.165, 1.54) is 43.3 Å². The van der Waals surface area contributed by atoms with Crippen molar-refractivity contribution in [2.75, 3.05) is 0 Å². The number of hydrogen-bond donors (Lipinski definition) is 0. The van der Waals surface area contributed by atoms with E-state index in [1.54, 1.807) is 0 Å². The lowest BCUT2D eigenvalue weighted by Gasteiger charge is -2.07. The Morgan fingerprint density at radius 1 is 1.11 bits per heavy atom. The van der Waals surface area contributed by atoms with Gasteiger partial charge in [0, 0.05) is 5.56 Å².